The van der Waals surface area contributed by atoms with Crippen molar-refractivity contribution >= 4 is 17.9 Å². The van der Waals surface area contributed by atoms with Gasteiger partial charge in [-0.3, -0.25) is 14.4 Å². The molecule has 6 nitrogen and oxygen atoms in total. The zero-order valence-electron chi connectivity index (χ0n) is 37.6. The first kappa shape index (κ1) is 53.4. The van der Waals surface area contributed by atoms with Crippen molar-refractivity contribution in [2.24, 2.45) is 11.8 Å². The average Bonchev–Trinajstić information content (AvgIpc) is 3.15. The van der Waals surface area contributed by atoms with Crippen LogP contribution in [0.2, 0.25) is 0 Å². The summed E-state index contributed by atoms with van der Waals surface area (Å²) in [5.74, 6) is 0.758. The molecule has 1 atom stereocenters. The fourth-order valence-electron chi connectivity index (χ4n) is 7.28. The molecular formula is C49H94O6. The Morgan fingerprint density at radius 1 is 0.345 bits per heavy atom. The predicted octanol–water partition coefficient (Wildman–Crippen LogP) is 15.4. The lowest BCUT2D eigenvalue weighted by atomic mass is 10.0. The molecule has 0 aliphatic heterocycles. The minimum atomic E-state index is -0.761. The predicted molar refractivity (Wildman–Crippen MR) is 233 cm³/mol. The van der Waals surface area contributed by atoms with Crippen molar-refractivity contribution < 1.29 is 28.6 Å². The van der Waals surface area contributed by atoms with Crippen LogP contribution < -0.4 is 0 Å². The second kappa shape index (κ2) is 42.0. The summed E-state index contributed by atoms with van der Waals surface area (Å²) in [4.78, 5) is 37.8. The maximum absolute atomic E-state index is 12.7. The Morgan fingerprint density at radius 2 is 0.600 bits per heavy atom. The fraction of sp³-hybridized carbons (Fsp3) is 0.939. The second-order valence-electron chi connectivity index (χ2n) is 17.7. The zero-order chi connectivity index (χ0) is 40.5. The number of esters is 3. The molecule has 326 valence electrons. The van der Waals surface area contributed by atoms with Crippen LogP contribution in [0.25, 0.3) is 0 Å². The number of unbranched alkanes of at least 4 members (excludes halogenated alkanes) is 28. The number of ether oxygens (including phenoxy) is 3. The maximum Gasteiger partial charge on any atom is 0.306 e. The largest absolute Gasteiger partial charge is 0.462 e. The first-order chi connectivity index (χ1) is 26.7. The Hall–Kier alpha value is -1.59. The van der Waals surface area contributed by atoms with E-state index in [-0.39, 0.29) is 31.1 Å². The SMILES string of the molecule is CCCCCCCCCCCCCCC(=O)OC[C@@H](COC(=O)CCCCCCCCCC(C)C)OC(=O)CCCCCCCCCCCCCCC(C)C. The summed E-state index contributed by atoms with van der Waals surface area (Å²) >= 11 is 0. The minimum Gasteiger partial charge on any atom is -0.462 e. The molecule has 0 saturated carbocycles. The summed E-state index contributed by atoms with van der Waals surface area (Å²) in [6.45, 7) is 11.3. The van der Waals surface area contributed by atoms with E-state index in [0.29, 0.717) is 19.3 Å². The van der Waals surface area contributed by atoms with Crippen molar-refractivity contribution in [3.05, 3.63) is 0 Å². The molecule has 6 heteroatoms. The molecule has 0 spiro atoms. The molecule has 0 heterocycles. The first-order valence-electron chi connectivity index (χ1n) is 24.2. The molecule has 0 aromatic heterocycles. The Morgan fingerprint density at radius 3 is 0.891 bits per heavy atom. The summed E-state index contributed by atoms with van der Waals surface area (Å²) in [5.41, 5.74) is 0. The summed E-state index contributed by atoms with van der Waals surface area (Å²) in [6, 6.07) is 0. The summed E-state index contributed by atoms with van der Waals surface area (Å²) in [7, 11) is 0. The molecule has 0 aliphatic rings. The van der Waals surface area contributed by atoms with Crippen molar-refractivity contribution in [1.82, 2.24) is 0 Å². The molecule has 0 radical (unpaired) electrons. The van der Waals surface area contributed by atoms with Gasteiger partial charge in [0.1, 0.15) is 13.2 Å². The number of rotatable bonds is 43. The highest BCUT2D eigenvalue weighted by molar-refractivity contribution is 5.71. The Labute approximate surface area is 342 Å². The normalized spacial score (nSPS) is 12.1. The van der Waals surface area contributed by atoms with Gasteiger partial charge in [-0.2, -0.15) is 0 Å². The third kappa shape index (κ3) is 43.4. The van der Waals surface area contributed by atoms with E-state index in [9.17, 15) is 14.4 Å². The van der Waals surface area contributed by atoms with Crippen LogP contribution in [0.1, 0.15) is 266 Å². The molecule has 0 aromatic rings. The van der Waals surface area contributed by atoms with Crippen LogP contribution in [0.15, 0.2) is 0 Å². The van der Waals surface area contributed by atoms with Crippen molar-refractivity contribution in [2.45, 2.75) is 272 Å². The summed E-state index contributed by atoms with van der Waals surface area (Å²) in [6.07, 6.45) is 40.9. The van der Waals surface area contributed by atoms with Crippen LogP contribution in [0.4, 0.5) is 0 Å². The van der Waals surface area contributed by atoms with E-state index in [1.54, 1.807) is 0 Å². The molecule has 0 saturated heterocycles. The lowest BCUT2D eigenvalue weighted by Crippen LogP contribution is -2.30. The van der Waals surface area contributed by atoms with Gasteiger partial charge in [0.15, 0.2) is 6.10 Å². The minimum absolute atomic E-state index is 0.0646. The van der Waals surface area contributed by atoms with Gasteiger partial charge in [-0.25, -0.2) is 0 Å². The zero-order valence-corrected chi connectivity index (χ0v) is 37.6. The Bertz CT molecular complexity index is 839. The van der Waals surface area contributed by atoms with Gasteiger partial charge in [-0.05, 0) is 31.1 Å². The van der Waals surface area contributed by atoms with Crippen LogP contribution in [0.3, 0.4) is 0 Å². The molecule has 0 rings (SSSR count). The number of carbonyl (C=O) groups excluding carboxylic acids is 3. The number of hydrogen-bond acceptors (Lipinski definition) is 6. The monoisotopic (exact) mass is 779 g/mol. The average molecular weight is 779 g/mol. The molecule has 0 amide bonds. The van der Waals surface area contributed by atoms with Gasteiger partial charge < -0.3 is 14.2 Å². The van der Waals surface area contributed by atoms with Gasteiger partial charge in [0, 0.05) is 19.3 Å². The van der Waals surface area contributed by atoms with Gasteiger partial charge in [-0.15, -0.1) is 0 Å². The summed E-state index contributed by atoms with van der Waals surface area (Å²) < 4.78 is 16.7. The third-order valence-corrected chi connectivity index (χ3v) is 11.0. The third-order valence-electron chi connectivity index (χ3n) is 11.0. The van der Waals surface area contributed by atoms with Gasteiger partial charge in [0.05, 0.1) is 0 Å². The molecule has 0 fully saturated rings. The van der Waals surface area contributed by atoms with Crippen LogP contribution in [-0.2, 0) is 28.6 Å². The molecule has 0 unspecified atom stereocenters. The molecule has 0 aliphatic carbocycles. The van der Waals surface area contributed by atoms with Crippen molar-refractivity contribution in [3.63, 3.8) is 0 Å². The molecular weight excluding hydrogens is 685 g/mol. The van der Waals surface area contributed by atoms with Gasteiger partial charge in [-0.1, -0.05) is 227 Å². The van der Waals surface area contributed by atoms with E-state index >= 15 is 0 Å². The van der Waals surface area contributed by atoms with E-state index in [4.69, 9.17) is 14.2 Å². The molecule has 55 heavy (non-hydrogen) atoms. The standard InChI is InChI=1S/C49H94O6/c1-6-7-8-9-10-11-12-16-19-24-29-34-39-47(50)53-42-46(43-54-48(51)40-35-30-26-21-23-28-33-38-45(4)5)55-49(52)41-36-31-25-20-17-14-13-15-18-22-27-32-37-44(2)3/h44-46H,6-43H2,1-5H3/t46-/m0/s1. The maximum atomic E-state index is 12.7. The van der Waals surface area contributed by atoms with Crippen LogP contribution in [-0.4, -0.2) is 37.2 Å². The quantitative estimate of drug-likeness (QED) is 0.0348. The van der Waals surface area contributed by atoms with Gasteiger partial charge >= 0.3 is 17.9 Å². The molecule has 0 aromatic carbocycles. The second-order valence-corrected chi connectivity index (χ2v) is 17.7. The van der Waals surface area contributed by atoms with Crippen LogP contribution in [0, 0.1) is 11.8 Å². The van der Waals surface area contributed by atoms with Gasteiger partial charge in [0.2, 0.25) is 0 Å². The summed E-state index contributed by atoms with van der Waals surface area (Å²) in [5, 5.41) is 0. The Balaban J connectivity index is 4.31. The van der Waals surface area contributed by atoms with Crippen molar-refractivity contribution in [3.8, 4) is 0 Å². The highest BCUT2D eigenvalue weighted by Crippen LogP contribution is 2.17. The van der Waals surface area contributed by atoms with Crippen LogP contribution in [0.5, 0.6) is 0 Å². The number of carbonyl (C=O) groups is 3. The number of hydrogen-bond donors (Lipinski definition) is 0. The van der Waals surface area contributed by atoms with E-state index < -0.39 is 6.10 Å². The van der Waals surface area contributed by atoms with E-state index in [2.05, 4.69) is 34.6 Å². The van der Waals surface area contributed by atoms with Crippen LogP contribution >= 0.6 is 0 Å². The highest BCUT2D eigenvalue weighted by atomic mass is 16.6. The first-order valence-corrected chi connectivity index (χ1v) is 24.2. The topological polar surface area (TPSA) is 78.9 Å². The van der Waals surface area contributed by atoms with E-state index in [1.165, 1.54) is 154 Å². The smallest absolute Gasteiger partial charge is 0.306 e. The van der Waals surface area contributed by atoms with Crippen molar-refractivity contribution in [1.29, 1.82) is 0 Å². The highest BCUT2D eigenvalue weighted by Gasteiger charge is 2.19. The fourth-order valence-corrected chi connectivity index (χ4v) is 7.28. The van der Waals surface area contributed by atoms with E-state index in [1.807, 2.05) is 0 Å². The lowest BCUT2D eigenvalue weighted by molar-refractivity contribution is -0.167. The van der Waals surface area contributed by atoms with E-state index in [0.717, 1.165) is 69.6 Å². The van der Waals surface area contributed by atoms with Gasteiger partial charge in [0.25, 0.3) is 0 Å². The Kier molecular flexibility index (Phi) is 40.8. The molecule has 0 N–H and O–H groups in total. The lowest BCUT2D eigenvalue weighted by Gasteiger charge is -2.18. The van der Waals surface area contributed by atoms with Crippen molar-refractivity contribution in [2.75, 3.05) is 13.2 Å². The molecule has 0 bridgehead atoms.